The molecule has 1 unspecified atom stereocenters. The van der Waals surface area contributed by atoms with Crippen molar-refractivity contribution in [3.05, 3.63) is 66.5 Å². The minimum absolute atomic E-state index is 0.0133. The molecule has 0 aliphatic heterocycles. The molecule has 0 saturated heterocycles. The van der Waals surface area contributed by atoms with Crippen molar-refractivity contribution in [1.82, 2.24) is 20.2 Å². The molecule has 0 bridgehead atoms. The second-order valence-corrected chi connectivity index (χ2v) is 5.39. The Morgan fingerprint density at radius 2 is 1.85 bits per heavy atom. The van der Waals surface area contributed by atoms with Gasteiger partial charge in [-0.1, -0.05) is 30.3 Å². The molecule has 1 aromatic heterocycles. The first kappa shape index (κ1) is 17.5. The van der Waals surface area contributed by atoms with Crippen molar-refractivity contribution < 1.29 is 18.3 Å². The number of rotatable bonds is 7. The molecule has 2 aromatic carbocycles. The lowest BCUT2D eigenvalue weighted by Crippen LogP contribution is -2.28. The molecule has 0 aliphatic carbocycles. The smallest absolute Gasteiger partial charge is 0.387 e. The number of halogens is 2. The number of hydrogen-bond acceptors (Lipinski definition) is 5. The Morgan fingerprint density at radius 1 is 1.12 bits per heavy atom. The number of tetrazole rings is 1. The summed E-state index contributed by atoms with van der Waals surface area (Å²) in [6.07, 6.45) is 1.76. The van der Waals surface area contributed by atoms with E-state index in [0.29, 0.717) is 12.1 Å². The summed E-state index contributed by atoms with van der Waals surface area (Å²) >= 11 is 0. The predicted molar refractivity (Wildman–Crippen MR) is 88.7 cm³/mol. The molecule has 0 aliphatic rings. The molecule has 3 aromatic rings. The van der Waals surface area contributed by atoms with Crippen LogP contribution in [0.25, 0.3) is 0 Å². The van der Waals surface area contributed by atoms with Crippen LogP contribution in [0, 0.1) is 0 Å². The molecule has 9 heteroatoms. The van der Waals surface area contributed by atoms with E-state index in [9.17, 15) is 13.6 Å². The van der Waals surface area contributed by atoms with Crippen LogP contribution in [-0.2, 0) is 11.2 Å². The quantitative estimate of drug-likeness (QED) is 0.701. The van der Waals surface area contributed by atoms with Gasteiger partial charge in [0, 0.05) is 12.1 Å². The molecule has 0 saturated carbocycles. The summed E-state index contributed by atoms with van der Waals surface area (Å²) in [5.74, 6) is -0.317. The third-order valence-electron chi connectivity index (χ3n) is 3.61. The Morgan fingerprint density at radius 3 is 2.46 bits per heavy atom. The molecule has 0 radical (unpaired) electrons. The SMILES string of the molecule is O=C(Nc1ccc(OC(F)F)cc1)C(Cc1ccccc1)n1cnnn1. The van der Waals surface area contributed by atoms with Gasteiger partial charge in [0.15, 0.2) is 0 Å². The van der Waals surface area contributed by atoms with Crippen LogP contribution in [0.2, 0.25) is 0 Å². The van der Waals surface area contributed by atoms with Crippen LogP contribution in [0.1, 0.15) is 11.6 Å². The Hall–Kier alpha value is -3.36. The van der Waals surface area contributed by atoms with Crippen LogP contribution in [0.4, 0.5) is 14.5 Å². The minimum atomic E-state index is -2.90. The topological polar surface area (TPSA) is 81.9 Å². The summed E-state index contributed by atoms with van der Waals surface area (Å²) < 4.78 is 30.0. The van der Waals surface area contributed by atoms with Crippen molar-refractivity contribution in [3.63, 3.8) is 0 Å². The highest BCUT2D eigenvalue weighted by atomic mass is 19.3. The number of amides is 1. The van der Waals surface area contributed by atoms with Crippen LogP contribution in [-0.4, -0.2) is 32.7 Å². The summed E-state index contributed by atoms with van der Waals surface area (Å²) in [6.45, 7) is -2.90. The zero-order valence-electron chi connectivity index (χ0n) is 13.5. The summed E-state index contributed by atoms with van der Waals surface area (Å²) in [4.78, 5) is 12.7. The standard InChI is InChI=1S/C17H15F2N5O2/c18-17(19)26-14-8-6-13(7-9-14)21-16(25)15(24-11-20-22-23-24)10-12-4-2-1-3-5-12/h1-9,11,15,17H,10H2,(H,21,25). The Labute approximate surface area is 147 Å². The third-order valence-corrected chi connectivity index (χ3v) is 3.61. The van der Waals surface area contributed by atoms with E-state index >= 15 is 0 Å². The Balaban J connectivity index is 1.73. The maximum Gasteiger partial charge on any atom is 0.387 e. The fourth-order valence-electron chi connectivity index (χ4n) is 2.40. The van der Waals surface area contributed by atoms with E-state index in [1.165, 1.54) is 35.3 Å². The number of anilines is 1. The number of nitrogens with zero attached hydrogens (tertiary/aromatic N) is 4. The van der Waals surface area contributed by atoms with E-state index in [0.717, 1.165) is 5.56 Å². The fraction of sp³-hybridized carbons (Fsp3) is 0.176. The average Bonchev–Trinajstić information content (AvgIpc) is 3.16. The number of alkyl halides is 2. The van der Waals surface area contributed by atoms with Gasteiger partial charge in [0.2, 0.25) is 5.91 Å². The van der Waals surface area contributed by atoms with Crippen molar-refractivity contribution >= 4 is 11.6 Å². The van der Waals surface area contributed by atoms with Gasteiger partial charge < -0.3 is 10.1 Å². The summed E-state index contributed by atoms with van der Waals surface area (Å²) in [5.41, 5.74) is 1.39. The van der Waals surface area contributed by atoms with E-state index in [4.69, 9.17) is 0 Å². The largest absolute Gasteiger partial charge is 0.435 e. The van der Waals surface area contributed by atoms with Crippen molar-refractivity contribution in [3.8, 4) is 5.75 Å². The summed E-state index contributed by atoms with van der Waals surface area (Å²) in [7, 11) is 0. The number of carbonyl (C=O) groups excluding carboxylic acids is 1. The minimum Gasteiger partial charge on any atom is -0.435 e. The van der Waals surface area contributed by atoms with Crippen LogP contribution in [0.15, 0.2) is 60.9 Å². The molecule has 0 spiro atoms. The number of benzene rings is 2. The maximum absolute atomic E-state index is 12.7. The van der Waals surface area contributed by atoms with Crippen LogP contribution < -0.4 is 10.1 Å². The number of aromatic nitrogens is 4. The van der Waals surface area contributed by atoms with Gasteiger partial charge in [-0.15, -0.1) is 5.10 Å². The van der Waals surface area contributed by atoms with E-state index < -0.39 is 12.7 Å². The molecule has 0 fully saturated rings. The van der Waals surface area contributed by atoms with Gasteiger partial charge >= 0.3 is 6.61 Å². The van der Waals surface area contributed by atoms with Gasteiger partial charge in [-0.05, 0) is 40.3 Å². The molecule has 1 atom stereocenters. The highest BCUT2D eigenvalue weighted by molar-refractivity contribution is 5.93. The van der Waals surface area contributed by atoms with Crippen LogP contribution >= 0.6 is 0 Å². The lowest BCUT2D eigenvalue weighted by atomic mass is 10.1. The highest BCUT2D eigenvalue weighted by Gasteiger charge is 2.22. The van der Waals surface area contributed by atoms with E-state index in [1.807, 2.05) is 30.3 Å². The molecule has 7 nitrogen and oxygen atoms in total. The fourth-order valence-corrected chi connectivity index (χ4v) is 2.40. The zero-order chi connectivity index (χ0) is 18.4. The predicted octanol–water partition coefficient (Wildman–Crippen LogP) is 2.70. The Bertz CT molecular complexity index is 826. The second kappa shape index (κ2) is 8.15. The third kappa shape index (κ3) is 4.59. The molecule has 26 heavy (non-hydrogen) atoms. The molecule has 3 rings (SSSR count). The van der Waals surface area contributed by atoms with E-state index in [2.05, 4.69) is 25.6 Å². The number of ether oxygens (including phenoxy) is 1. The Kier molecular flexibility index (Phi) is 5.47. The first-order chi connectivity index (χ1) is 12.6. The zero-order valence-corrected chi connectivity index (χ0v) is 13.5. The second-order valence-electron chi connectivity index (χ2n) is 5.39. The van der Waals surface area contributed by atoms with Crippen molar-refractivity contribution in [2.75, 3.05) is 5.32 Å². The lowest BCUT2D eigenvalue weighted by molar-refractivity contribution is -0.119. The van der Waals surface area contributed by atoms with Crippen molar-refractivity contribution in [2.24, 2.45) is 0 Å². The van der Waals surface area contributed by atoms with Gasteiger partial charge in [-0.3, -0.25) is 4.79 Å². The monoisotopic (exact) mass is 359 g/mol. The summed E-state index contributed by atoms with van der Waals surface area (Å²) in [6, 6.07) is 14.5. The van der Waals surface area contributed by atoms with Gasteiger partial charge in [0.05, 0.1) is 0 Å². The van der Waals surface area contributed by atoms with E-state index in [-0.39, 0.29) is 11.7 Å². The molecular formula is C17H15F2N5O2. The number of carbonyl (C=O) groups is 1. The molecule has 134 valence electrons. The summed E-state index contributed by atoms with van der Waals surface area (Å²) in [5, 5.41) is 13.7. The van der Waals surface area contributed by atoms with Crippen LogP contribution in [0.3, 0.4) is 0 Å². The van der Waals surface area contributed by atoms with E-state index in [1.54, 1.807) is 0 Å². The average molecular weight is 359 g/mol. The van der Waals surface area contributed by atoms with Crippen molar-refractivity contribution in [1.29, 1.82) is 0 Å². The van der Waals surface area contributed by atoms with Crippen molar-refractivity contribution in [2.45, 2.75) is 19.1 Å². The van der Waals surface area contributed by atoms with Crippen LogP contribution in [0.5, 0.6) is 5.75 Å². The normalized spacial score (nSPS) is 12.0. The first-order valence-electron chi connectivity index (χ1n) is 7.74. The maximum atomic E-state index is 12.7. The number of hydrogen-bond donors (Lipinski definition) is 1. The first-order valence-corrected chi connectivity index (χ1v) is 7.74. The van der Waals surface area contributed by atoms with Gasteiger partial charge in [-0.2, -0.15) is 8.78 Å². The number of nitrogens with one attached hydrogen (secondary N) is 1. The molecule has 1 heterocycles. The van der Waals surface area contributed by atoms with Gasteiger partial charge in [-0.25, -0.2) is 4.68 Å². The molecule has 1 amide bonds. The highest BCUT2D eigenvalue weighted by Crippen LogP contribution is 2.20. The van der Waals surface area contributed by atoms with Gasteiger partial charge in [0.1, 0.15) is 18.1 Å². The molecule has 1 N–H and O–H groups in total. The lowest BCUT2D eigenvalue weighted by Gasteiger charge is -2.16. The molecular weight excluding hydrogens is 344 g/mol. The van der Waals surface area contributed by atoms with Gasteiger partial charge in [0.25, 0.3) is 0 Å².